The zero-order valence-corrected chi connectivity index (χ0v) is 14.0. The molecule has 1 saturated heterocycles. The van der Waals surface area contributed by atoms with Gasteiger partial charge in [0, 0.05) is 24.2 Å². The minimum atomic E-state index is -0.660. The van der Waals surface area contributed by atoms with Crippen LogP contribution < -0.4 is 0 Å². The molecule has 5 nitrogen and oxygen atoms in total. The number of carbonyl (C=O) groups excluding carboxylic acids is 3. The van der Waals surface area contributed by atoms with Crippen LogP contribution in [-0.4, -0.2) is 46.0 Å². The molecule has 0 atom stereocenters. The lowest BCUT2D eigenvalue weighted by molar-refractivity contribution is -0.142. The van der Waals surface area contributed by atoms with Gasteiger partial charge in [-0.05, 0) is 38.7 Å². The molecular formula is C19H20N2O3. The quantitative estimate of drug-likeness (QED) is 0.584. The van der Waals surface area contributed by atoms with E-state index >= 15 is 0 Å². The number of hydrogen-bond donors (Lipinski definition) is 0. The normalized spacial score (nSPS) is 22.1. The first-order valence-corrected chi connectivity index (χ1v) is 8.42. The van der Waals surface area contributed by atoms with Crippen molar-refractivity contribution in [3.63, 3.8) is 0 Å². The van der Waals surface area contributed by atoms with E-state index in [0.717, 1.165) is 24.0 Å². The average Bonchev–Trinajstić information content (AvgIpc) is 3.15. The Morgan fingerprint density at radius 3 is 2.46 bits per heavy atom. The summed E-state index contributed by atoms with van der Waals surface area (Å²) < 4.78 is 0. The van der Waals surface area contributed by atoms with E-state index in [9.17, 15) is 14.4 Å². The molecule has 5 heteroatoms. The molecule has 0 aromatic heterocycles. The third kappa shape index (κ3) is 1.97. The topological polar surface area (TPSA) is 57.7 Å². The van der Waals surface area contributed by atoms with Gasteiger partial charge in [-0.25, -0.2) is 0 Å². The van der Waals surface area contributed by atoms with E-state index in [4.69, 9.17) is 0 Å². The second-order valence-electron chi connectivity index (χ2n) is 7.34. The van der Waals surface area contributed by atoms with Crippen molar-refractivity contribution in [2.45, 2.75) is 38.6 Å². The number of hydrogen-bond acceptors (Lipinski definition) is 3. The maximum atomic E-state index is 12.9. The van der Waals surface area contributed by atoms with Gasteiger partial charge < -0.3 is 4.90 Å². The minimum absolute atomic E-state index is 0.0575. The van der Waals surface area contributed by atoms with Crippen molar-refractivity contribution in [1.29, 1.82) is 0 Å². The smallest absolute Gasteiger partial charge is 0.300 e. The van der Waals surface area contributed by atoms with Gasteiger partial charge in [-0.2, -0.15) is 0 Å². The van der Waals surface area contributed by atoms with Crippen LogP contribution >= 0.6 is 0 Å². The molecule has 1 aromatic rings. The molecule has 0 aliphatic carbocycles. The zero-order chi connectivity index (χ0) is 17.1. The monoisotopic (exact) mass is 324 g/mol. The Kier molecular flexibility index (Phi) is 3.17. The van der Waals surface area contributed by atoms with E-state index in [1.54, 1.807) is 9.80 Å². The molecule has 3 heterocycles. The van der Waals surface area contributed by atoms with Crippen LogP contribution in [0.4, 0.5) is 0 Å². The maximum absolute atomic E-state index is 12.9. The summed E-state index contributed by atoms with van der Waals surface area (Å²) in [6.07, 6.45) is 2.56. The van der Waals surface area contributed by atoms with Crippen molar-refractivity contribution in [2.75, 3.05) is 13.1 Å². The van der Waals surface area contributed by atoms with E-state index in [1.807, 2.05) is 38.1 Å². The Balaban J connectivity index is 1.94. The van der Waals surface area contributed by atoms with Crippen LogP contribution in [-0.2, 0) is 20.8 Å². The lowest BCUT2D eigenvalue weighted by Crippen LogP contribution is -2.49. The molecule has 1 fully saturated rings. The standard InChI is InChI=1S/C19H20N2O3/c1-19(2)11-12-7-3-4-8-13(12)15-14(16(22)18(24)21(15)19)17(23)20-9-5-6-10-20/h3-4,7-8H,5-6,9-11H2,1-2H3. The molecule has 0 spiro atoms. The predicted octanol–water partition coefficient (Wildman–Crippen LogP) is 1.77. The van der Waals surface area contributed by atoms with Gasteiger partial charge in [0.05, 0.1) is 5.70 Å². The van der Waals surface area contributed by atoms with Gasteiger partial charge in [0.25, 0.3) is 17.6 Å². The average molecular weight is 324 g/mol. The molecular weight excluding hydrogens is 304 g/mol. The SMILES string of the molecule is CC1(C)Cc2ccccc2C2=C(C(=O)N3CCCC3)C(=O)C(=O)N21. The number of ketones is 1. The third-order valence-corrected chi connectivity index (χ3v) is 5.19. The number of fused-ring (bicyclic) bond motifs is 3. The molecule has 1 aromatic carbocycles. The Morgan fingerprint density at radius 2 is 1.75 bits per heavy atom. The van der Waals surface area contributed by atoms with E-state index in [-0.39, 0.29) is 11.5 Å². The first-order valence-electron chi connectivity index (χ1n) is 8.42. The second kappa shape index (κ2) is 5.03. The predicted molar refractivity (Wildman–Crippen MR) is 88.8 cm³/mol. The van der Waals surface area contributed by atoms with Gasteiger partial charge in [0.1, 0.15) is 5.57 Å². The van der Waals surface area contributed by atoms with Crippen molar-refractivity contribution in [2.24, 2.45) is 0 Å². The summed E-state index contributed by atoms with van der Waals surface area (Å²) in [6, 6.07) is 7.74. The largest absolute Gasteiger partial charge is 0.338 e. The molecule has 0 radical (unpaired) electrons. The molecule has 4 rings (SSSR count). The fourth-order valence-electron chi connectivity index (χ4n) is 4.09. The number of Topliss-reactive ketones (excluding diaryl/α,β-unsaturated/α-hetero) is 1. The fourth-order valence-corrected chi connectivity index (χ4v) is 4.09. The Hall–Kier alpha value is -2.43. The van der Waals surface area contributed by atoms with E-state index in [0.29, 0.717) is 25.2 Å². The van der Waals surface area contributed by atoms with Crippen molar-refractivity contribution >= 4 is 23.3 Å². The molecule has 3 aliphatic heterocycles. The van der Waals surface area contributed by atoms with Crippen molar-refractivity contribution in [3.8, 4) is 0 Å². The van der Waals surface area contributed by atoms with Crippen LogP contribution in [0, 0.1) is 0 Å². The number of nitrogens with zero attached hydrogens (tertiary/aromatic N) is 2. The van der Waals surface area contributed by atoms with Crippen LogP contribution in [0.15, 0.2) is 29.8 Å². The van der Waals surface area contributed by atoms with Crippen molar-refractivity contribution < 1.29 is 14.4 Å². The summed E-state index contributed by atoms with van der Waals surface area (Å²) in [5.74, 6) is -1.53. The van der Waals surface area contributed by atoms with Crippen LogP contribution in [0.5, 0.6) is 0 Å². The Morgan fingerprint density at radius 1 is 1.08 bits per heavy atom. The highest BCUT2D eigenvalue weighted by Gasteiger charge is 2.51. The van der Waals surface area contributed by atoms with Gasteiger partial charge >= 0.3 is 0 Å². The van der Waals surface area contributed by atoms with Crippen LogP contribution in [0.1, 0.15) is 37.8 Å². The summed E-state index contributed by atoms with van der Waals surface area (Å²) in [5.41, 5.74) is 1.95. The summed E-state index contributed by atoms with van der Waals surface area (Å²) in [6.45, 7) is 5.19. The minimum Gasteiger partial charge on any atom is -0.338 e. The number of benzene rings is 1. The van der Waals surface area contributed by atoms with E-state index in [1.165, 1.54) is 0 Å². The summed E-state index contributed by atoms with van der Waals surface area (Å²) in [7, 11) is 0. The van der Waals surface area contributed by atoms with Gasteiger partial charge in [0.15, 0.2) is 0 Å². The molecule has 3 aliphatic rings. The summed E-state index contributed by atoms with van der Waals surface area (Å²) >= 11 is 0. The van der Waals surface area contributed by atoms with Crippen molar-refractivity contribution in [1.82, 2.24) is 9.80 Å². The first-order chi connectivity index (χ1) is 11.4. The Bertz CT molecular complexity index is 801. The summed E-state index contributed by atoms with van der Waals surface area (Å²) in [5, 5.41) is 0. The van der Waals surface area contributed by atoms with Gasteiger partial charge in [-0.15, -0.1) is 0 Å². The molecule has 124 valence electrons. The second-order valence-corrected chi connectivity index (χ2v) is 7.34. The van der Waals surface area contributed by atoms with Gasteiger partial charge in [-0.1, -0.05) is 24.3 Å². The highest BCUT2D eigenvalue weighted by atomic mass is 16.2. The molecule has 0 bridgehead atoms. The molecule has 0 N–H and O–H groups in total. The number of carbonyl (C=O) groups is 3. The Labute approximate surface area is 140 Å². The number of amides is 2. The highest BCUT2D eigenvalue weighted by molar-refractivity contribution is 6.55. The lowest BCUT2D eigenvalue weighted by atomic mass is 9.84. The maximum Gasteiger partial charge on any atom is 0.300 e. The zero-order valence-electron chi connectivity index (χ0n) is 14.0. The van der Waals surface area contributed by atoms with Gasteiger partial charge in [-0.3, -0.25) is 19.3 Å². The molecule has 2 amide bonds. The van der Waals surface area contributed by atoms with Crippen molar-refractivity contribution in [3.05, 3.63) is 41.0 Å². The van der Waals surface area contributed by atoms with Crippen LogP contribution in [0.3, 0.4) is 0 Å². The lowest BCUT2D eigenvalue weighted by Gasteiger charge is -2.42. The molecule has 0 unspecified atom stereocenters. The first kappa shape index (κ1) is 15.1. The fraction of sp³-hybridized carbons (Fsp3) is 0.421. The molecule has 0 saturated carbocycles. The highest BCUT2D eigenvalue weighted by Crippen LogP contribution is 2.44. The van der Waals surface area contributed by atoms with Crippen LogP contribution in [0.25, 0.3) is 5.70 Å². The van der Waals surface area contributed by atoms with E-state index < -0.39 is 17.2 Å². The van der Waals surface area contributed by atoms with Crippen LogP contribution in [0.2, 0.25) is 0 Å². The van der Waals surface area contributed by atoms with Gasteiger partial charge in [0.2, 0.25) is 0 Å². The number of likely N-dealkylation sites (tertiary alicyclic amines) is 1. The van der Waals surface area contributed by atoms with E-state index in [2.05, 4.69) is 0 Å². The molecule has 24 heavy (non-hydrogen) atoms. The summed E-state index contributed by atoms with van der Waals surface area (Å²) in [4.78, 5) is 41.5. The number of rotatable bonds is 1. The third-order valence-electron chi connectivity index (χ3n) is 5.19.